The van der Waals surface area contributed by atoms with Crippen molar-refractivity contribution >= 4 is 6.21 Å². The molecule has 0 aromatic heterocycles. The summed E-state index contributed by atoms with van der Waals surface area (Å²) in [5, 5.41) is 38.0. The monoisotopic (exact) mass is 422 g/mol. The van der Waals surface area contributed by atoms with Crippen LogP contribution in [0.25, 0.3) is 0 Å². The van der Waals surface area contributed by atoms with Crippen molar-refractivity contribution in [3.05, 3.63) is 0 Å². The zero-order valence-electron chi connectivity index (χ0n) is 19.3. The molecular formula is C24H42N2O4. The van der Waals surface area contributed by atoms with Crippen LogP contribution in [0.3, 0.4) is 0 Å². The summed E-state index contributed by atoms with van der Waals surface area (Å²) in [5.74, 6) is 1.24. The Morgan fingerprint density at radius 3 is 2.50 bits per heavy atom. The first-order chi connectivity index (χ1) is 14.1. The lowest BCUT2D eigenvalue weighted by Crippen LogP contribution is -2.65. The Morgan fingerprint density at radius 1 is 1.00 bits per heavy atom. The number of nitrogens with zero attached hydrogens (tertiary/aromatic N) is 2. The van der Waals surface area contributed by atoms with E-state index in [9.17, 15) is 15.3 Å². The molecule has 0 bridgehead atoms. The van der Waals surface area contributed by atoms with E-state index in [1.54, 1.807) is 6.21 Å². The molecule has 3 unspecified atom stereocenters. The summed E-state index contributed by atoms with van der Waals surface area (Å²) in [4.78, 5) is 7.43. The van der Waals surface area contributed by atoms with E-state index in [-0.39, 0.29) is 17.4 Å². The lowest BCUT2D eigenvalue weighted by atomic mass is 9.43. The van der Waals surface area contributed by atoms with Gasteiger partial charge in [0, 0.05) is 12.0 Å². The third kappa shape index (κ3) is 3.25. The van der Waals surface area contributed by atoms with E-state index in [1.165, 1.54) is 0 Å². The number of likely N-dealkylation sites (N-methyl/N-ethyl adjacent to an activating group) is 1. The number of aliphatic hydroxyl groups is 3. The predicted octanol–water partition coefficient (Wildman–Crippen LogP) is 2.80. The highest BCUT2D eigenvalue weighted by Gasteiger charge is 2.71. The first kappa shape index (κ1) is 22.5. The zero-order chi connectivity index (χ0) is 21.8. The quantitative estimate of drug-likeness (QED) is 0.360. The summed E-state index contributed by atoms with van der Waals surface area (Å²) in [6.07, 6.45) is 9.32. The average Bonchev–Trinajstić information content (AvgIpc) is 2.89. The fourth-order valence-electron chi connectivity index (χ4n) is 7.86. The minimum Gasteiger partial charge on any atom is -0.395 e. The molecule has 4 aliphatic carbocycles. The predicted molar refractivity (Wildman–Crippen MR) is 117 cm³/mol. The van der Waals surface area contributed by atoms with Crippen molar-refractivity contribution in [3.63, 3.8) is 0 Å². The summed E-state index contributed by atoms with van der Waals surface area (Å²) in [7, 11) is 3.97. The fraction of sp³-hybridized carbons (Fsp3) is 0.958. The van der Waals surface area contributed by atoms with Gasteiger partial charge in [-0.25, -0.2) is 0 Å². The average molecular weight is 423 g/mol. The molecule has 0 heterocycles. The van der Waals surface area contributed by atoms with Crippen LogP contribution in [0.4, 0.5) is 0 Å². The van der Waals surface area contributed by atoms with E-state index in [4.69, 9.17) is 4.84 Å². The van der Waals surface area contributed by atoms with Gasteiger partial charge in [-0.3, -0.25) is 0 Å². The van der Waals surface area contributed by atoms with Crippen molar-refractivity contribution in [2.45, 2.75) is 88.9 Å². The second-order valence-corrected chi connectivity index (χ2v) is 11.5. The summed E-state index contributed by atoms with van der Waals surface area (Å²) in [5.41, 5.74) is -2.41. The van der Waals surface area contributed by atoms with E-state index < -0.39 is 16.6 Å². The molecule has 0 spiro atoms. The summed E-state index contributed by atoms with van der Waals surface area (Å²) >= 11 is 0. The Balaban J connectivity index is 1.53. The molecule has 4 rings (SSSR count). The van der Waals surface area contributed by atoms with Crippen LogP contribution in [-0.2, 0) is 4.84 Å². The molecule has 6 nitrogen and oxygen atoms in total. The number of aliphatic hydroxyl groups excluding tert-OH is 1. The van der Waals surface area contributed by atoms with E-state index in [2.05, 4.69) is 19.0 Å². The molecule has 0 radical (unpaired) electrons. The minimum absolute atomic E-state index is 0.156. The Morgan fingerprint density at radius 2 is 1.77 bits per heavy atom. The number of oxime groups is 1. The molecule has 4 aliphatic rings. The second kappa shape index (κ2) is 7.72. The topological polar surface area (TPSA) is 85.5 Å². The number of rotatable bonds is 5. The maximum absolute atomic E-state index is 12.1. The third-order valence-electron chi connectivity index (χ3n) is 10.0. The van der Waals surface area contributed by atoms with Gasteiger partial charge in [-0.05, 0) is 95.1 Å². The van der Waals surface area contributed by atoms with Crippen LogP contribution in [0.1, 0.15) is 71.6 Å². The smallest absolute Gasteiger partial charge is 0.129 e. The van der Waals surface area contributed by atoms with Crippen LogP contribution >= 0.6 is 0 Å². The van der Waals surface area contributed by atoms with Gasteiger partial charge in [-0.15, -0.1) is 0 Å². The van der Waals surface area contributed by atoms with Gasteiger partial charge < -0.3 is 25.1 Å². The summed E-state index contributed by atoms with van der Waals surface area (Å²) in [6, 6.07) is 0. The van der Waals surface area contributed by atoms with E-state index in [0.717, 1.165) is 51.5 Å². The standard InChI is InChI=1S/C24H42N2O4/c1-21-9-7-18(27)15-17(21)5-6-20-19(21)8-10-22(2)23(28,11-12-24(20,22)29)16-25-30-14-13-26(3)4/h16-20,27-29H,5-15H2,1-4H3/t17?,18?,19-,20-,21+,22-,23?,24-/m1/s1. The molecule has 0 aromatic rings. The highest BCUT2D eigenvalue weighted by Crippen LogP contribution is 2.69. The van der Waals surface area contributed by atoms with Crippen molar-refractivity contribution in [2.75, 3.05) is 27.2 Å². The van der Waals surface area contributed by atoms with Crippen LogP contribution in [0, 0.1) is 28.6 Å². The van der Waals surface area contributed by atoms with Gasteiger partial charge in [0.2, 0.25) is 0 Å². The highest BCUT2D eigenvalue weighted by atomic mass is 16.6. The molecule has 0 amide bonds. The molecule has 30 heavy (non-hydrogen) atoms. The maximum Gasteiger partial charge on any atom is 0.129 e. The summed E-state index contributed by atoms with van der Waals surface area (Å²) in [6.45, 7) is 5.74. The van der Waals surface area contributed by atoms with Crippen molar-refractivity contribution < 1.29 is 20.2 Å². The number of hydrogen-bond acceptors (Lipinski definition) is 6. The highest BCUT2D eigenvalue weighted by molar-refractivity contribution is 5.71. The van der Waals surface area contributed by atoms with Crippen LogP contribution in [-0.4, -0.2) is 71.0 Å². The molecule has 0 aliphatic heterocycles. The lowest BCUT2D eigenvalue weighted by Gasteiger charge is -2.64. The first-order valence-electron chi connectivity index (χ1n) is 12.0. The molecule has 4 saturated carbocycles. The Labute approximate surface area is 181 Å². The van der Waals surface area contributed by atoms with Gasteiger partial charge in [0.25, 0.3) is 0 Å². The van der Waals surface area contributed by atoms with Gasteiger partial charge in [-0.1, -0.05) is 19.0 Å². The van der Waals surface area contributed by atoms with Gasteiger partial charge >= 0.3 is 0 Å². The maximum atomic E-state index is 12.1. The SMILES string of the molecule is CN(C)CCON=CC1(O)CC[C@@]2(O)[C@@H]3CCC4CC(O)CC[C@]4(C)[C@@H]3CC[C@]12C. The number of hydrogen-bond donors (Lipinski definition) is 3. The van der Waals surface area contributed by atoms with Crippen LogP contribution in [0.15, 0.2) is 5.16 Å². The molecule has 8 atom stereocenters. The molecule has 0 saturated heterocycles. The van der Waals surface area contributed by atoms with Gasteiger partial charge in [0.15, 0.2) is 0 Å². The van der Waals surface area contributed by atoms with E-state index in [0.29, 0.717) is 31.3 Å². The zero-order valence-corrected chi connectivity index (χ0v) is 19.3. The van der Waals surface area contributed by atoms with E-state index >= 15 is 0 Å². The van der Waals surface area contributed by atoms with Crippen molar-refractivity contribution in [2.24, 2.45) is 33.7 Å². The Kier molecular flexibility index (Phi) is 5.79. The molecular weight excluding hydrogens is 380 g/mol. The molecule has 3 N–H and O–H groups in total. The Hall–Kier alpha value is -0.690. The Bertz CT molecular complexity index is 672. The van der Waals surface area contributed by atoms with Crippen molar-refractivity contribution in [3.8, 4) is 0 Å². The van der Waals surface area contributed by atoms with Crippen LogP contribution in [0.5, 0.6) is 0 Å². The van der Waals surface area contributed by atoms with Crippen molar-refractivity contribution in [1.29, 1.82) is 0 Å². The molecule has 0 aromatic carbocycles. The lowest BCUT2D eigenvalue weighted by molar-refractivity contribution is -0.224. The second-order valence-electron chi connectivity index (χ2n) is 11.5. The minimum atomic E-state index is -1.13. The van der Waals surface area contributed by atoms with Crippen molar-refractivity contribution in [1.82, 2.24) is 4.90 Å². The normalized spacial score (nSPS) is 50.9. The number of fused-ring (bicyclic) bond motifs is 5. The largest absolute Gasteiger partial charge is 0.395 e. The third-order valence-corrected chi connectivity index (χ3v) is 10.0. The fourth-order valence-corrected chi connectivity index (χ4v) is 7.86. The summed E-state index contributed by atoms with van der Waals surface area (Å²) < 4.78 is 0. The molecule has 4 fully saturated rings. The van der Waals surface area contributed by atoms with Gasteiger partial charge in [-0.2, -0.15) is 0 Å². The van der Waals surface area contributed by atoms with E-state index in [1.807, 2.05) is 19.0 Å². The van der Waals surface area contributed by atoms with Crippen LogP contribution in [0.2, 0.25) is 0 Å². The molecule has 6 heteroatoms. The molecule has 172 valence electrons. The van der Waals surface area contributed by atoms with Crippen LogP contribution < -0.4 is 0 Å². The van der Waals surface area contributed by atoms with Gasteiger partial charge in [0.1, 0.15) is 12.2 Å². The first-order valence-corrected chi connectivity index (χ1v) is 12.0. The van der Waals surface area contributed by atoms with Gasteiger partial charge in [0.05, 0.1) is 17.9 Å².